The first kappa shape index (κ1) is 23.1. The molecule has 6 heteroatoms. The van der Waals surface area contributed by atoms with Gasteiger partial charge in [-0.15, -0.1) is 0 Å². The van der Waals surface area contributed by atoms with Crippen molar-refractivity contribution in [1.29, 1.82) is 0 Å². The molecule has 1 amide bonds. The number of benzene rings is 1. The van der Waals surface area contributed by atoms with Crippen molar-refractivity contribution >= 4 is 17.5 Å². The zero-order valence-electron chi connectivity index (χ0n) is 18.9. The topological polar surface area (TPSA) is 64.2 Å². The number of hydrogen-bond donors (Lipinski definition) is 1. The van der Waals surface area contributed by atoms with Crippen LogP contribution in [0.3, 0.4) is 0 Å². The standard InChI is InChI=1S/C26H35ClN4O/c1-20-3-2-4-22(20)18-26(9-13-30-16-12-29-19-30)10-14-31(15-11-26)25(32)24(28)17-21-5-7-23(27)8-6-21/h5-8,12,16,19,22,24H,1-4,9-11,13-15,17-18,28H2. The van der Waals surface area contributed by atoms with E-state index in [4.69, 9.17) is 17.3 Å². The maximum atomic E-state index is 13.1. The lowest BCUT2D eigenvalue weighted by molar-refractivity contribution is -0.135. The molecule has 172 valence electrons. The first-order valence-corrected chi connectivity index (χ1v) is 12.2. The van der Waals surface area contributed by atoms with Crippen molar-refractivity contribution in [1.82, 2.24) is 14.5 Å². The Morgan fingerprint density at radius 1 is 1.28 bits per heavy atom. The predicted molar refractivity (Wildman–Crippen MR) is 129 cm³/mol. The average molecular weight is 455 g/mol. The van der Waals surface area contributed by atoms with Gasteiger partial charge >= 0.3 is 0 Å². The minimum Gasteiger partial charge on any atom is -0.341 e. The molecule has 4 rings (SSSR count). The summed E-state index contributed by atoms with van der Waals surface area (Å²) in [6, 6.07) is 7.08. The Labute approximate surface area is 196 Å². The fourth-order valence-electron chi connectivity index (χ4n) is 5.49. The third-order valence-corrected chi connectivity index (χ3v) is 7.84. The number of nitrogens with two attached hydrogens (primary N) is 1. The number of piperidine rings is 1. The zero-order chi connectivity index (χ0) is 22.6. The molecular formula is C26H35ClN4O. The van der Waals surface area contributed by atoms with E-state index >= 15 is 0 Å². The van der Waals surface area contributed by atoms with Gasteiger partial charge in [0.2, 0.25) is 5.91 Å². The first-order valence-electron chi connectivity index (χ1n) is 11.9. The molecule has 1 aromatic heterocycles. The highest BCUT2D eigenvalue weighted by Gasteiger charge is 2.39. The van der Waals surface area contributed by atoms with E-state index in [0.717, 1.165) is 44.5 Å². The third kappa shape index (κ3) is 5.62. The number of carbonyl (C=O) groups excluding carboxylic acids is 1. The van der Waals surface area contributed by atoms with E-state index in [-0.39, 0.29) is 11.3 Å². The number of halogens is 1. The van der Waals surface area contributed by atoms with Crippen LogP contribution in [0.5, 0.6) is 0 Å². The summed E-state index contributed by atoms with van der Waals surface area (Å²) in [7, 11) is 0. The molecule has 2 fully saturated rings. The molecule has 32 heavy (non-hydrogen) atoms. The Morgan fingerprint density at radius 2 is 2.03 bits per heavy atom. The highest BCUT2D eigenvalue weighted by Crippen LogP contribution is 2.46. The summed E-state index contributed by atoms with van der Waals surface area (Å²) >= 11 is 5.97. The maximum absolute atomic E-state index is 13.1. The van der Waals surface area contributed by atoms with Crippen LogP contribution in [0.25, 0.3) is 0 Å². The molecule has 2 aromatic rings. The van der Waals surface area contributed by atoms with E-state index in [9.17, 15) is 4.79 Å². The van der Waals surface area contributed by atoms with E-state index in [1.807, 2.05) is 47.9 Å². The number of hydrogen-bond acceptors (Lipinski definition) is 3. The summed E-state index contributed by atoms with van der Waals surface area (Å²) in [5, 5.41) is 0.696. The Kier molecular flexibility index (Phi) is 7.37. The van der Waals surface area contributed by atoms with Crippen LogP contribution in [0, 0.1) is 11.3 Å². The van der Waals surface area contributed by atoms with Gasteiger partial charge < -0.3 is 15.2 Å². The summed E-state index contributed by atoms with van der Waals surface area (Å²) in [6.07, 6.45) is 14.4. The lowest BCUT2D eigenvalue weighted by Crippen LogP contribution is -2.50. The van der Waals surface area contributed by atoms with Gasteiger partial charge in [0, 0.05) is 37.1 Å². The summed E-state index contributed by atoms with van der Waals surface area (Å²) in [4.78, 5) is 19.2. The van der Waals surface area contributed by atoms with Crippen LogP contribution < -0.4 is 5.73 Å². The van der Waals surface area contributed by atoms with Gasteiger partial charge in [0.15, 0.2) is 0 Å². The first-order chi connectivity index (χ1) is 15.4. The molecule has 5 nitrogen and oxygen atoms in total. The molecule has 1 saturated heterocycles. The number of likely N-dealkylation sites (tertiary alicyclic amines) is 1. The lowest BCUT2D eigenvalue weighted by Gasteiger charge is -2.44. The monoisotopic (exact) mass is 454 g/mol. The Bertz CT molecular complexity index is 900. The number of rotatable bonds is 8. The van der Waals surface area contributed by atoms with E-state index in [2.05, 4.69) is 16.1 Å². The van der Waals surface area contributed by atoms with Crippen molar-refractivity contribution in [2.24, 2.45) is 17.1 Å². The average Bonchev–Trinajstić information content (AvgIpc) is 3.46. The van der Waals surface area contributed by atoms with Crippen LogP contribution in [0.4, 0.5) is 0 Å². The second kappa shape index (κ2) is 10.2. The zero-order valence-corrected chi connectivity index (χ0v) is 19.6. The van der Waals surface area contributed by atoms with E-state index in [0.29, 0.717) is 17.4 Å². The van der Waals surface area contributed by atoms with Gasteiger partial charge in [0.1, 0.15) is 0 Å². The normalized spacial score (nSPS) is 21.6. The fourth-order valence-corrected chi connectivity index (χ4v) is 5.62. The van der Waals surface area contributed by atoms with Gasteiger partial charge in [-0.05, 0) is 80.4 Å². The van der Waals surface area contributed by atoms with Gasteiger partial charge in [-0.1, -0.05) is 35.9 Å². The number of amides is 1. The van der Waals surface area contributed by atoms with E-state index in [1.165, 1.54) is 31.3 Å². The molecule has 1 aromatic carbocycles. The predicted octanol–water partition coefficient (Wildman–Crippen LogP) is 4.85. The highest BCUT2D eigenvalue weighted by molar-refractivity contribution is 6.30. The lowest BCUT2D eigenvalue weighted by atomic mass is 9.69. The quantitative estimate of drug-likeness (QED) is 0.580. The van der Waals surface area contributed by atoms with Gasteiger partial charge in [-0.2, -0.15) is 0 Å². The summed E-state index contributed by atoms with van der Waals surface area (Å²) < 4.78 is 2.17. The number of aromatic nitrogens is 2. The summed E-state index contributed by atoms with van der Waals surface area (Å²) in [6.45, 7) is 6.90. The molecule has 2 aliphatic rings. The number of allylic oxidation sites excluding steroid dienone is 1. The number of nitrogens with zero attached hydrogens (tertiary/aromatic N) is 3. The van der Waals surface area contributed by atoms with Crippen molar-refractivity contribution in [3.8, 4) is 0 Å². The smallest absolute Gasteiger partial charge is 0.239 e. The molecule has 1 aliphatic carbocycles. The van der Waals surface area contributed by atoms with Gasteiger partial charge in [0.05, 0.1) is 12.4 Å². The third-order valence-electron chi connectivity index (χ3n) is 7.59. The van der Waals surface area contributed by atoms with Gasteiger partial charge in [0.25, 0.3) is 0 Å². The van der Waals surface area contributed by atoms with Crippen LogP contribution in [-0.4, -0.2) is 39.5 Å². The van der Waals surface area contributed by atoms with Crippen LogP contribution in [0.1, 0.15) is 50.5 Å². The summed E-state index contributed by atoms with van der Waals surface area (Å²) in [5.74, 6) is 0.695. The van der Waals surface area contributed by atoms with Crippen molar-refractivity contribution in [3.63, 3.8) is 0 Å². The molecule has 1 saturated carbocycles. The van der Waals surface area contributed by atoms with Crippen LogP contribution in [-0.2, 0) is 17.8 Å². The van der Waals surface area contributed by atoms with Crippen molar-refractivity contribution in [2.75, 3.05) is 13.1 Å². The van der Waals surface area contributed by atoms with Crippen LogP contribution in [0.2, 0.25) is 5.02 Å². The molecule has 0 radical (unpaired) electrons. The maximum Gasteiger partial charge on any atom is 0.239 e. The van der Waals surface area contributed by atoms with Gasteiger partial charge in [-0.25, -0.2) is 4.98 Å². The molecule has 2 unspecified atom stereocenters. The second-order valence-corrected chi connectivity index (χ2v) is 10.2. The molecule has 0 spiro atoms. The van der Waals surface area contributed by atoms with Gasteiger partial charge in [-0.3, -0.25) is 4.79 Å². The number of carbonyl (C=O) groups is 1. The highest BCUT2D eigenvalue weighted by atomic mass is 35.5. The van der Waals surface area contributed by atoms with Crippen molar-refractivity contribution < 1.29 is 4.79 Å². The number of imidazole rings is 1. The minimum atomic E-state index is -0.510. The SMILES string of the molecule is C=C1CCCC1CC1(CCn2ccnc2)CCN(C(=O)C(N)Cc2ccc(Cl)cc2)CC1. The minimum absolute atomic E-state index is 0.0634. The summed E-state index contributed by atoms with van der Waals surface area (Å²) in [5.41, 5.74) is 9.03. The molecule has 2 atom stereocenters. The van der Waals surface area contributed by atoms with Crippen LogP contribution in [0.15, 0.2) is 55.1 Å². The number of aryl methyl sites for hydroxylation is 1. The second-order valence-electron chi connectivity index (χ2n) is 9.76. The van der Waals surface area contributed by atoms with Crippen molar-refractivity contribution in [2.45, 2.75) is 64.0 Å². The van der Waals surface area contributed by atoms with E-state index in [1.54, 1.807) is 0 Å². The molecular weight excluding hydrogens is 420 g/mol. The fraction of sp³-hybridized carbons (Fsp3) is 0.538. The molecule has 2 N–H and O–H groups in total. The Hall–Kier alpha value is -2.11. The Balaban J connectivity index is 1.37. The molecule has 1 aliphatic heterocycles. The molecule has 2 heterocycles. The largest absolute Gasteiger partial charge is 0.341 e. The van der Waals surface area contributed by atoms with Crippen molar-refractivity contribution in [3.05, 3.63) is 65.7 Å². The molecule has 0 bridgehead atoms. The van der Waals surface area contributed by atoms with E-state index < -0.39 is 6.04 Å². The van der Waals surface area contributed by atoms with Crippen LogP contribution >= 0.6 is 11.6 Å². The Morgan fingerprint density at radius 3 is 2.66 bits per heavy atom.